The SMILES string of the molecule is C[C@H]1[C@@H](c2cc(C(F)(F)F)cc(C(F)(F)F)c2)NS(=O)(=O)N1C. The Bertz CT molecular complexity index is 681. The molecule has 0 bridgehead atoms. The van der Waals surface area contributed by atoms with Crippen LogP contribution in [0.4, 0.5) is 26.3 Å². The average molecular weight is 362 g/mol. The van der Waals surface area contributed by atoms with Crippen molar-refractivity contribution in [3.05, 3.63) is 34.9 Å². The number of halogens is 6. The summed E-state index contributed by atoms with van der Waals surface area (Å²) < 4.78 is 103. The lowest BCUT2D eigenvalue weighted by molar-refractivity contribution is -0.143. The molecule has 1 aliphatic heterocycles. The molecule has 1 aromatic carbocycles. The number of nitrogens with zero attached hydrogens (tertiary/aromatic N) is 1. The molecule has 130 valence electrons. The van der Waals surface area contributed by atoms with Crippen molar-refractivity contribution in [2.24, 2.45) is 0 Å². The number of benzene rings is 1. The predicted molar refractivity (Wildman–Crippen MR) is 68.5 cm³/mol. The van der Waals surface area contributed by atoms with E-state index in [0.29, 0.717) is 12.1 Å². The average Bonchev–Trinajstić information content (AvgIpc) is 2.60. The fraction of sp³-hybridized carbons (Fsp3) is 0.500. The summed E-state index contributed by atoms with van der Waals surface area (Å²) in [7, 11) is -2.76. The van der Waals surface area contributed by atoms with Crippen LogP contribution in [-0.2, 0) is 22.6 Å². The summed E-state index contributed by atoms with van der Waals surface area (Å²) in [4.78, 5) is 0. The monoisotopic (exact) mass is 362 g/mol. The van der Waals surface area contributed by atoms with Crippen molar-refractivity contribution >= 4 is 10.2 Å². The zero-order valence-electron chi connectivity index (χ0n) is 11.8. The Morgan fingerprint density at radius 3 is 1.74 bits per heavy atom. The molecule has 1 saturated heterocycles. The van der Waals surface area contributed by atoms with Gasteiger partial charge >= 0.3 is 12.4 Å². The van der Waals surface area contributed by atoms with Crippen molar-refractivity contribution in [3.63, 3.8) is 0 Å². The van der Waals surface area contributed by atoms with Crippen LogP contribution in [0.25, 0.3) is 0 Å². The van der Waals surface area contributed by atoms with E-state index in [0.717, 1.165) is 4.31 Å². The van der Waals surface area contributed by atoms with Gasteiger partial charge in [0.25, 0.3) is 10.2 Å². The van der Waals surface area contributed by atoms with E-state index in [1.807, 2.05) is 0 Å². The molecule has 2 atom stereocenters. The Morgan fingerprint density at radius 2 is 1.43 bits per heavy atom. The Kier molecular flexibility index (Phi) is 4.19. The molecule has 1 aliphatic rings. The number of likely N-dealkylation sites (N-methyl/N-ethyl adjacent to an activating group) is 1. The van der Waals surface area contributed by atoms with Crippen LogP contribution in [0.3, 0.4) is 0 Å². The summed E-state index contributed by atoms with van der Waals surface area (Å²) in [5.41, 5.74) is -3.36. The minimum absolute atomic E-state index is 0.00132. The summed E-state index contributed by atoms with van der Waals surface area (Å²) in [6, 6.07) is -1.00. The van der Waals surface area contributed by atoms with Gasteiger partial charge in [0.15, 0.2) is 0 Å². The number of hydrogen-bond acceptors (Lipinski definition) is 2. The molecular formula is C12H12F6N2O2S. The number of alkyl halides is 6. The molecule has 11 heteroatoms. The largest absolute Gasteiger partial charge is 0.416 e. The molecule has 1 heterocycles. The molecule has 0 spiro atoms. The van der Waals surface area contributed by atoms with Crippen LogP contribution in [0.15, 0.2) is 18.2 Å². The van der Waals surface area contributed by atoms with Crippen molar-refractivity contribution in [2.45, 2.75) is 31.4 Å². The van der Waals surface area contributed by atoms with E-state index in [1.54, 1.807) is 0 Å². The molecule has 0 radical (unpaired) electrons. The quantitative estimate of drug-likeness (QED) is 0.781. The smallest absolute Gasteiger partial charge is 0.195 e. The van der Waals surface area contributed by atoms with Crippen LogP contribution in [0.1, 0.15) is 29.7 Å². The summed E-state index contributed by atoms with van der Waals surface area (Å²) >= 11 is 0. The van der Waals surface area contributed by atoms with Gasteiger partial charge < -0.3 is 0 Å². The number of nitrogens with one attached hydrogen (secondary N) is 1. The highest BCUT2D eigenvalue weighted by Crippen LogP contribution is 2.39. The van der Waals surface area contributed by atoms with Gasteiger partial charge in [-0.15, -0.1) is 0 Å². The zero-order chi connectivity index (χ0) is 17.8. The minimum atomic E-state index is -4.98. The predicted octanol–water partition coefficient (Wildman–Crippen LogP) is 2.93. The van der Waals surface area contributed by atoms with E-state index in [1.165, 1.54) is 14.0 Å². The molecule has 2 rings (SSSR count). The van der Waals surface area contributed by atoms with Gasteiger partial charge in [-0.25, -0.2) is 0 Å². The lowest BCUT2D eigenvalue weighted by atomic mass is 9.96. The first-order valence-corrected chi connectivity index (χ1v) is 7.72. The van der Waals surface area contributed by atoms with Gasteiger partial charge in [-0.2, -0.15) is 43.8 Å². The third kappa shape index (κ3) is 3.45. The van der Waals surface area contributed by atoms with Crippen LogP contribution >= 0.6 is 0 Å². The van der Waals surface area contributed by atoms with Crippen LogP contribution in [-0.4, -0.2) is 25.8 Å². The van der Waals surface area contributed by atoms with E-state index < -0.39 is 51.3 Å². The van der Waals surface area contributed by atoms with Crippen molar-refractivity contribution in [3.8, 4) is 0 Å². The van der Waals surface area contributed by atoms with E-state index in [-0.39, 0.29) is 6.07 Å². The second-order valence-electron chi connectivity index (χ2n) is 5.20. The summed E-state index contributed by atoms with van der Waals surface area (Å²) in [6.45, 7) is 1.38. The van der Waals surface area contributed by atoms with Crippen molar-refractivity contribution < 1.29 is 34.8 Å². The van der Waals surface area contributed by atoms with E-state index in [2.05, 4.69) is 4.72 Å². The maximum absolute atomic E-state index is 12.8. The molecule has 0 aromatic heterocycles. The van der Waals surface area contributed by atoms with Crippen LogP contribution in [0, 0.1) is 0 Å². The molecule has 1 aromatic rings. The van der Waals surface area contributed by atoms with E-state index in [4.69, 9.17) is 0 Å². The summed E-state index contributed by atoms with van der Waals surface area (Å²) in [5, 5.41) is 0. The lowest BCUT2D eigenvalue weighted by Crippen LogP contribution is -2.28. The third-order valence-corrected chi connectivity index (χ3v) is 5.32. The summed E-state index contributed by atoms with van der Waals surface area (Å²) in [5.74, 6) is 0. The standard InChI is InChI=1S/C12H12F6N2O2S/c1-6-10(19-23(21,22)20(6)2)7-3-8(11(13,14)15)5-9(4-7)12(16,17)18/h3-6,10,19H,1-2H3/t6-,10-/m0/s1. The van der Waals surface area contributed by atoms with E-state index in [9.17, 15) is 34.8 Å². The maximum Gasteiger partial charge on any atom is 0.416 e. The summed E-state index contributed by atoms with van der Waals surface area (Å²) in [6.07, 6.45) is -9.97. The van der Waals surface area contributed by atoms with Gasteiger partial charge in [-0.05, 0) is 30.7 Å². The molecule has 1 fully saturated rings. The molecule has 0 amide bonds. The molecule has 0 saturated carbocycles. The fourth-order valence-electron chi connectivity index (χ4n) is 2.28. The third-order valence-electron chi connectivity index (χ3n) is 3.68. The van der Waals surface area contributed by atoms with Crippen molar-refractivity contribution in [2.75, 3.05) is 7.05 Å². The van der Waals surface area contributed by atoms with E-state index >= 15 is 0 Å². The highest BCUT2D eigenvalue weighted by Gasteiger charge is 2.43. The minimum Gasteiger partial charge on any atom is -0.195 e. The first kappa shape index (κ1) is 18.0. The Labute approximate surface area is 128 Å². The van der Waals surface area contributed by atoms with Gasteiger partial charge in [0, 0.05) is 13.1 Å². The number of rotatable bonds is 1. The maximum atomic E-state index is 12.8. The van der Waals surface area contributed by atoms with Crippen molar-refractivity contribution in [1.29, 1.82) is 0 Å². The van der Waals surface area contributed by atoms with Crippen LogP contribution < -0.4 is 4.72 Å². The normalized spacial score (nSPS) is 25.7. The molecule has 1 N–H and O–H groups in total. The fourth-order valence-corrected chi connectivity index (χ4v) is 3.66. The van der Waals surface area contributed by atoms with Crippen molar-refractivity contribution in [1.82, 2.24) is 9.03 Å². The molecular weight excluding hydrogens is 350 g/mol. The molecule has 0 unspecified atom stereocenters. The Morgan fingerprint density at radius 1 is 1.00 bits per heavy atom. The van der Waals surface area contributed by atoms with Gasteiger partial charge in [0.1, 0.15) is 0 Å². The first-order chi connectivity index (χ1) is 10.2. The van der Waals surface area contributed by atoms with Crippen LogP contribution in [0.5, 0.6) is 0 Å². The van der Waals surface area contributed by atoms with Gasteiger partial charge in [-0.3, -0.25) is 0 Å². The topological polar surface area (TPSA) is 49.4 Å². The van der Waals surface area contributed by atoms with Gasteiger partial charge in [0.05, 0.1) is 17.2 Å². The lowest BCUT2D eigenvalue weighted by Gasteiger charge is -2.20. The second-order valence-corrected chi connectivity index (χ2v) is 6.96. The Hall–Kier alpha value is -1.33. The highest BCUT2D eigenvalue weighted by molar-refractivity contribution is 7.87. The second kappa shape index (κ2) is 5.35. The van der Waals surface area contributed by atoms with Crippen LogP contribution in [0.2, 0.25) is 0 Å². The molecule has 0 aliphatic carbocycles. The highest BCUT2D eigenvalue weighted by atomic mass is 32.2. The van der Waals surface area contributed by atoms with Gasteiger partial charge in [-0.1, -0.05) is 0 Å². The van der Waals surface area contributed by atoms with Gasteiger partial charge in [0.2, 0.25) is 0 Å². The Balaban J connectivity index is 2.59. The molecule has 4 nitrogen and oxygen atoms in total. The molecule has 23 heavy (non-hydrogen) atoms. The first-order valence-electron chi connectivity index (χ1n) is 6.28. The number of hydrogen-bond donors (Lipinski definition) is 1. The zero-order valence-corrected chi connectivity index (χ0v) is 12.6.